The molecule has 0 saturated carbocycles. The number of nitrogens with one attached hydrogen (secondary N) is 1. The van der Waals surface area contributed by atoms with Crippen LogP contribution in [0.3, 0.4) is 0 Å². The number of pyridine rings is 1. The van der Waals surface area contributed by atoms with Crippen molar-refractivity contribution in [1.82, 2.24) is 4.98 Å². The second-order valence-corrected chi connectivity index (χ2v) is 5.05. The van der Waals surface area contributed by atoms with Crippen molar-refractivity contribution >= 4 is 17.1 Å². The molecule has 0 aliphatic rings. The summed E-state index contributed by atoms with van der Waals surface area (Å²) >= 11 is -2.16. The first-order valence-corrected chi connectivity index (χ1v) is 5.88. The van der Waals surface area contributed by atoms with E-state index in [9.17, 15) is 4.21 Å². The van der Waals surface area contributed by atoms with Gasteiger partial charge in [0.2, 0.25) is 0 Å². The number of hydrogen-bond acceptors (Lipinski definition) is 3. The van der Waals surface area contributed by atoms with Gasteiger partial charge < -0.3 is 4.74 Å². The van der Waals surface area contributed by atoms with Crippen LogP contribution in [0.1, 0.15) is 26.5 Å². The molecule has 0 radical (unpaired) electrons. The molecule has 0 saturated heterocycles. The molecule has 1 atom stereocenters. The summed E-state index contributed by atoms with van der Waals surface area (Å²) in [6.45, 7) is 6.05. The third kappa shape index (κ3) is 3.18. The highest BCUT2D eigenvalue weighted by Gasteiger charge is 2.18. The Bertz CT molecular complexity index is 402. The smallest absolute Gasteiger partial charge is 0.260 e. The predicted octanol–water partition coefficient (Wildman–Crippen LogP) is 1.94. The van der Waals surface area contributed by atoms with Crippen LogP contribution in [0.4, 0.5) is 5.82 Å². The first-order valence-electron chi connectivity index (χ1n) is 4.77. The lowest BCUT2D eigenvalue weighted by atomic mass is 9.92. The van der Waals surface area contributed by atoms with E-state index in [0.29, 0.717) is 5.75 Å². The molecule has 1 aromatic heterocycles. The molecule has 0 aliphatic heterocycles. The van der Waals surface area contributed by atoms with Crippen LogP contribution in [0.25, 0.3) is 0 Å². The molecule has 1 rings (SSSR count). The van der Waals surface area contributed by atoms with E-state index in [0.717, 1.165) is 5.69 Å². The quantitative estimate of drug-likeness (QED) is 0.797. The average Bonchev–Trinajstić information content (AvgIpc) is 2.15. The Morgan fingerprint density at radius 1 is 1.44 bits per heavy atom. The Balaban J connectivity index is 3.16. The van der Waals surface area contributed by atoms with Crippen molar-refractivity contribution in [2.24, 2.45) is 0 Å². The molecule has 0 fully saturated rings. The maximum atomic E-state index is 10.7. The lowest BCUT2D eigenvalue weighted by Gasteiger charge is -2.19. The lowest BCUT2D eigenvalue weighted by molar-refractivity contribution is 0.414. The Morgan fingerprint density at radius 3 is 2.50 bits per heavy atom. The van der Waals surface area contributed by atoms with E-state index in [-0.39, 0.29) is 11.2 Å². The van der Waals surface area contributed by atoms with Gasteiger partial charge >= 0.3 is 0 Å². The van der Waals surface area contributed by atoms with Gasteiger partial charge in [-0.1, -0.05) is 20.8 Å². The molecule has 90 valence electrons. The van der Waals surface area contributed by atoms with Crippen molar-refractivity contribution in [2.45, 2.75) is 26.2 Å². The second-order valence-electron chi connectivity index (χ2n) is 4.35. The van der Waals surface area contributed by atoms with E-state index in [1.165, 1.54) is 7.11 Å². The average molecular weight is 244 g/mol. The number of methoxy groups -OCH3 is 1. The minimum Gasteiger partial charge on any atom is -0.493 e. The molecule has 0 spiro atoms. The van der Waals surface area contributed by atoms with Crippen molar-refractivity contribution in [3.63, 3.8) is 0 Å². The summed E-state index contributed by atoms with van der Waals surface area (Å²) in [4.78, 5) is 4.27. The predicted molar refractivity (Wildman–Crippen MR) is 63.9 cm³/mol. The van der Waals surface area contributed by atoms with E-state index in [1.54, 1.807) is 6.07 Å². The zero-order valence-corrected chi connectivity index (χ0v) is 10.6. The SMILES string of the molecule is COc1ccc(C(C)(C)C)nc1NS(=O)O. The normalized spacial score (nSPS) is 13.3. The van der Waals surface area contributed by atoms with Gasteiger partial charge in [0.05, 0.1) is 7.11 Å². The van der Waals surface area contributed by atoms with Crippen LogP contribution in [-0.2, 0) is 16.7 Å². The molecule has 1 aromatic rings. The van der Waals surface area contributed by atoms with Crippen LogP contribution in [-0.4, -0.2) is 20.9 Å². The van der Waals surface area contributed by atoms with Crippen molar-refractivity contribution in [2.75, 3.05) is 11.8 Å². The lowest BCUT2D eigenvalue weighted by Crippen LogP contribution is -2.15. The topological polar surface area (TPSA) is 71.5 Å². The molecule has 0 aromatic carbocycles. The van der Waals surface area contributed by atoms with E-state index in [1.807, 2.05) is 26.8 Å². The maximum absolute atomic E-state index is 10.7. The number of ether oxygens (including phenoxy) is 1. The molecule has 1 heterocycles. The Hall–Kier alpha value is -1.14. The summed E-state index contributed by atoms with van der Waals surface area (Å²) < 4.78 is 26.9. The van der Waals surface area contributed by atoms with E-state index >= 15 is 0 Å². The van der Waals surface area contributed by atoms with Crippen molar-refractivity contribution in [3.05, 3.63) is 17.8 Å². The van der Waals surface area contributed by atoms with Gasteiger partial charge in [0, 0.05) is 11.1 Å². The van der Waals surface area contributed by atoms with Gasteiger partial charge in [-0.15, -0.1) is 0 Å². The van der Waals surface area contributed by atoms with E-state index < -0.39 is 11.3 Å². The largest absolute Gasteiger partial charge is 0.493 e. The summed E-state index contributed by atoms with van der Waals surface area (Å²) in [5, 5.41) is 0. The number of aromatic nitrogens is 1. The highest BCUT2D eigenvalue weighted by molar-refractivity contribution is 7.80. The van der Waals surface area contributed by atoms with Gasteiger partial charge in [0.15, 0.2) is 11.6 Å². The van der Waals surface area contributed by atoms with Crippen molar-refractivity contribution < 1.29 is 13.5 Å². The first kappa shape index (κ1) is 12.9. The zero-order valence-electron chi connectivity index (χ0n) is 9.77. The molecular formula is C10H16N2O3S. The molecule has 0 aliphatic carbocycles. The Morgan fingerprint density at radius 2 is 2.06 bits per heavy atom. The first-order chi connectivity index (χ1) is 7.34. The van der Waals surface area contributed by atoms with Crippen LogP contribution >= 0.6 is 0 Å². The summed E-state index contributed by atoms with van der Waals surface area (Å²) in [6.07, 6.45) is 0. The van der Waals surface area contributed by atoms with Gasteiger partial charge in [-0.3, -0.25) is 9.27 Å². The number of hydrogen-bond donors (Lipinski definition) is 2. The second kappa shape index (κ2) is 4.80. The molecule has 16 heavy (non-hydrogen) atoms. The molecule has 6 heteroatoms. The van der Waals surface area contributed by atoms with Crippen molar-refractivity contribution in [3.8, 4) is 5.75 Å². The van der Waals surface area contributed by atoms with Gasteiger partial charge in [0.1, 0.15) is 0 Å². The zero-order chi connectivity index (χ0) is 12.3. The molecule has 0 bridgehead atoms. The maximum Gasteiger partial charge on any atom is 0.260 e. The monoisotopic (exact) mass is 244 g/mol. The van der Waals surface area contributed by atoms with Crippen LogP contribution in [0, 0.1) is 0 Å². The Labute approximate surface area is 97.7 Å². The van der Waals surface area contributed by atoms with Crippen LogP contribution in [0.5, 0.6) is 5.75 Å². The number of nitrogens with zero attached hydrogens (tertiary/aromatic N) is 1. The van der Waals surface area contributed by atoms with Crippen LogP contribution in [0.15, 0.2) is 12.1 Å². The van der Waals surface area contributed by atoms with Crippen LogP contribution < -0.4 is 9.46 Å². The molecule has 5 nitrogen and oxygen atoms in total. The fourth-order valence-electron chi connectivity index (χ4n) is 1.18. The Kier molecular flexibility index (Phi) is 3.88. The van der Waals surface area contributed by atoms with Gasteiger partial charge in [0.25, 0.3) is 11.3 Å². The van der Waals surface area contributed by atoms with Gasteiger partial charge in [-0.2, -0.15) is 0 Å². The van der Waals surface area contributed by atoms with Gasteiger partial charge in [-0.05, 0) is 12.1 Å². The highest BCUT2D eigenvalue weighted by Crippen LogP contribution is 2.27. The van der Waals surface area contributed by atoms with Crippen molar-refractivity contribution in [1.29, 1.82) is 0 Å². The molecule has 0 amide bonds. The van der Waals surface area contributed by atoms with Crippen LogP contribution in [0.2, 0.25) is 0 Å². The van der Waals surface area contributed by atoms with E-state index in [4.69, 9.17) is 9.29 Å². The third-order valence-corrected chi connectivity index (χ3v) is 2.40. The molecule has 2 N–H and O–H groups in total. The van der Waals surface area contributed by atoms with Gasteiger partial charge in [-0.25, -0.2) is 9.19 Å². The summed E-state index contributed by atoms with van der Waals surface area (Å²) in [6, 6.07) is 3.56. The molecular weight excluding hydrogens is 228 g/mol. The fourth-order valence-corrected chi connectivity index (χ4v) is 1.50. The molecule has 1 unspecified atom stereocenters. The highest BCUT2D eigenvalue weighted by atomic mass is 32.2. The summed E-state index contributed by atoms with van der Waals surface area (Å²) in [7, 11) is 1.49. The standard InChI is InChI=1S/C10H16N2O3S/c1-10(2,3)8-6-5-7(15-4)9(11-8)12-16(13)14/h5-6H,1-4H3,(H,11,12)(H,13,14). The number of rotatable bonds is 3. The summed E-state index contributed by atoms with van der Waals surface area (Å²) in [5.74, 6) is 0.714. The third-order valence-electron chi connectivity index (χ3n) is 2.03. The minimum absolute atomic E-state index is 0.125. The fraction of sp³-hybridized carbons (Fsp3) is 0.500. The minimum atomic E-state index is -2.16. The summed E-state index contributed by atoms with van der Waals surface area (Å²) in [5.41, 5.74) is 0.695. The van der Waals surface area contributed by atoms with E-state index in [2.05, 4.69) is 9.71 Å². The number of anilines is 1.